The van der Waals surface area contributed by atoms with Gasteiger partial charge in [-0.15, -0.1) is 0 Å². The number of nitrogens with one attached hydrogen (secondary N) is 2. The smallest absolute Gasteiger partial charge is 0.239 e. The lowest BCUT2D eigenvalue weighted by atomic mass is 10.2. The molecule has 0 saturated heterocycles. The first-order chi connectivity index (χ1) is 8.22. The average molecular weight is 236 g/mol. The van der Waals surface area contributed by atoms with Crippen LogP contribution in [-0.4, -0.2) is 28.5 Å². The Bertz CT molecular complexity index is 411. The maximum atomic E-state index is 11.7. The van der Waals surface area contributed by atoms with Crippen molar-refractivity contribution >= 4 is 5.91 Å². The van der Waals surface area contributed by atoms with E-state index in [0.717, 1.165) is 44.0 Å². The highest BCUT2D eigenvalue weighted by Gasteiger charge is 2.18. The third-order valence-electron chi connectivity index (χ3n) is 3.05. The van der Waals surface area contributed by atoms with Crippen molar-refractivity contribution in [2.75, 3.05) is 13.1 Å². The van der Waals surface area contributed by atoms with Crippen LogP contribution in [0.2, 0.25) is 0 Å². The van der Waals surface area contributed by atoms with Crippen molar-refractivity contribution in [2.45, 2.75) is 39.8 Å². The van der Waals surface area contributed by atoms with Gasteiger partial charge in [-0.1, -0.05) is 6.92 Å². The maximum absolute atomic E-state index is 11.7. The van der Waals surface area contributed by atoms with Gasteiger partial charge in [0.2, 0.25) is 5.91 Å². The number of imidazole rings is 1. The van der Waals surface area contributed by atoms with E-state index in [-0.39, 0.29) is 5.91 Å². The van der Waals surface area contributed by atoms with Gasteiger partial charge in [0, 0.05) is 31.7 Å². The molecule has 2 N–H and O–H groups in total. The number of carbonyl (C=O) groups is 1. The van der Waals surface area contributed by atoms with Gasteiger partial charge in [0.25, 0.3) is 0 Å². The van der Waals surface area contributed by atoms with Gasteiger partial charge in [-0.3, -0.25) is 4.79 Å². The van der Waals surface area contributed by atoms with E-state index in [1.165, 1.54) is 5.69 Å². The Balaban J connectivity index is 2.10. The van der Waals surface area contributed by atoms with Gasteiger partial charge in [0.15, 0.2) is 0 Å². The van der Waals surface area contributed by atoms with E-state index in [9.17, 15) is 4.79 Å². The zero-order valence-corrected chi connectivity index (χ0v) is 10.5. The summed E-state index contributed by atoms with van der Waals surface area (Å²) >= 11 is 0. The molecular weight excluding hydrogens is 216 g/mol. The fourth-order valence-electron chi connectivity index (χ4n) is 2.18. The van der Waals surface area contributed by atoms with Crippen LogP contribution < -0.4 is 10.6 Å². The second kappa shape index (κ2) is 5.31. The van der Waals surface area contributed by atoms with Crippen molar-refractivity contribution < 1.29 is 4.79 Å². The minimum atomic E-state index is 0.0775. The Morgan fingerprint density at radius 3 is 3.18 bits per heavy atom. The van der Waals surface area contributed by atoms with Crippen LogP contribution >= 0.6 is 0 Å². The topological polar surface area (TPSA) is 59.0 Å². The van der Waals surface area contributed by atoms with Crippen molar-refractivity contribution in [3.05, 3.63) is 17.2 Å². The predicted molar refractivity (Wildman–Crippen MR) is 65.7 cm³/mol. The maximum Gasteiger partial charge on any atom is 0.239 e. The molecule has 0 bridgehead atoms. The Kier molecular flexibility index (Phi) is 3.78. The summed E-state index contributed by atoms with van der Waals surface area (Å²) in [6.45, 7) is 6.95. The van der Waals surface area contributed by atoms with E-state index in [1.807, 2.05) is 11.5 Å². The van der Waals surface area contributed by atoms with Gasteiger partial charge in [-0.2, -0.15) is 0 Å². The number of carbonyl (C=O) groups excluding carboxylic acids is 1. The van der Waals surface area contributed by atoms with Crippen LogP contribution in [0, 0.1) is 6.92 Å². The first-order valence-electron chi connectivity index (χ1n) is 6.24. The molecule has 0 fully saturated rings. The van der Waals surface area contributed by atoms with Crippen molar-refractivity contribution in [3.63, 3.8) is 0 Å². The molecule has 0 atom stereocenters. The van der Waals surface area contributed by atoms with Crippen LogP contribution in [-0.2, 0) is 24.3 Å². The summed E-state index contributed by atoms with van der Waals surface area (Å²) in [5, 5.41) is 6.19. The van der Waals surface area contributed by atoms with Crippen LogP contribution in [0.1, 0.15) is 30.6 Å². The highest BCUT2D eigenvalue weighted by molar-refractivity contribution is 5.75. The molecule has 1 amide bonds. The molecule has 1 aromatic heterocycles. The van der Waals surface area contributed by atoms with Crippen LogP contribution in [0.4, 0.5) is 0 Å². The van der Waals surface area contributed by atoms with Crippen LogP contribution in [0.15, 0.2) is 0 Å². The molecule has 0 unspecified atom stereocenters. The first kappa shape index (κ1) is 12.1. The number of hydrogen-bond donors (Lipinski definition) is 2. The summed E-state index contributed by atoms with van der Waals surface area (Å²) in [5.74, 6) is 1.01. The molecule has 0 aromatic carbocycles. The summed E-state index contributed by atoms with van der Waals surface area (Å²) < 4.78 is 2.04. The quantitative estimate of drug-likeness (QED) is 0.794. The minimum absolute atomic E-state index is 0.0775. The van der Waals surface area contributed by atoms with Crippen LogP contribution in [0.25, 0.3) is 0 Å². The van der Waals surface area contributed by atoms with Crippen molar-refractivity contribution in [3.8, 4) is 0 Å². The normalized spacial score (nSPS) is 14.5. The third-order valence-corrected chi connectivity index (χ3v) is 3.05. The molecule has 1 aliphatic heterocycles. The zero-order valence-electron chi connectivity index (χ0n) is 10.5. The number of aromatic nitrogens is 2. The number of rotatable bonds is 4. The Morgan fingerprint density at radius 2 is 2.41 bits per heavy atom. The molecule has 0 spiro atoms. The second-order valence-electron chi connectivity index (χ2n) is 4.42. The Morgan fingerprint density at radius 1 is 1.59 bits per heavy atom. The SMILES string of the molecule is CCCNC(=O)Cn1c(C)nc2c1CCNC2. The molecule has 17 heavy (non-hydrogen) atoms. The summed E-state index contributed by atoms with van der Waals surface area (Å²) in [4.78, 5) is 16.2. The molecule has 5 heteroatoms. The first-order valence-corrected chi connectivity index (χ1v) is 6.24. The van der Waals surface area contributed by atoms with Crippen molar-refractivity contribution in [1.82, 2.24) is 20.2 Å². The average Bonchev–Trinajstić information content (AvgIpc) is 2.64. The minimum Gasteiger partial charge on any atom is -0.355 e. The molecule has 94 valence electrons. The largest absolute Gasteiger partial charge is 0.355 e. The van der Waals surface area contributed by atoms with E-state index in [2.05, 4.69) is 22.5 Å². The van der Waals surface area contributed by atoms with Crippen molar-refractivity contribution in [2.24, 2.45) is 0 Å². The molecule has 0 radical (unpaired) electrons. The highest BCUT2D eigenvalue weighted by Crippen LogP contribution is 2.15. The van der Waals surface area contributed by atoms with Crippen LogP contribution in [0.3, 0.4) is 0 Å². The standard InChI is InChI=1S/C12H20N4O/c1-3-5-14-12(17)8-16-9(2)15-10-7-13-6-4-11(10)16/h13H,3-8H2,1-2H3,(H,14,17). The zero-order chi connectivity index (χ0) is 12.3. The third kappa shape index (κ3) is 2.66. The highest BCUT2D eigenvalue weighted by atomic mass is 16.1. The molecule has 5 nitrogen and oxygen atoms in total. The van der Waals surface area contributed by atoms with Crippen LogP contribution in [0.5, 0.6) is 0 Å². The van der Waals surface area contributed by atoms with Gasteiger partial charge in [-0.25, -0.2) is 4.98 Å². The van der Waals surface area contributed by atoms with Gasteiger partial charge >= 0.3 is 0 Å². The monoisotopic (exact) mass is 236 g/mol. The summed E-state index contributed by atoms with van der Waals surface area (Å²) in [5.41, 5.74) is 2.31. The fraction of sp³-hybridized carbons (Fsp3) is 0.667. The second-order valence-corrected chi connectivity index (χ2v) is 4.42. The van der Waals surface area contributed by atoms with E-state index < -0.39 is 0 Å². The molecule has 2 heterocycles. The van der Waals surface area contributed by atoms with Gasteiger partial charge < -0.3 is 15.2 Å². The lowest BCUT2D eigenvalue weighted by molar-refractivity contribution is -0.121. The molecule has 2 rings (SSSR count). The van der Waals surface area contributed by atoms with E-state index in [0.29, 0.717) is 6.54 Å². The van der Waals surface area contributed by atoms with Crippen molar-refractivity contribution in [1.29, 1.82) is 0 Å². The van der Waals surface area contributed by atoms with Gasteiger partial charge in [0.1, 0.15) is 12.4 Å². The summed E-state index contributed by atoms with van der Waals surface area (Å²) in [6.07, 6.45) is 1.92. The summed E-state index contributed by atoms with van der Waals surface area (Å²) in [6, 6.07) is 0. The Labute approximate surface area is 102 Å². The molecule has 0 saturated carbocycles. The summed E-state index contributed by atoms with van der Waals surface area (Å²) in [7, 11) is 0. The fourth-order valence-corrected chi connectivity index (χ4v) is 2.18. The molecular formula is C12H20N4O. The molecule has 0 aliphatic carbocycles. The number of hydrogen-bond acceptors (Lipinski definition) is 3. The van der Waals surface area contributed by atoms with E-state index >= 15 is 0 Å². The lowest BCUT2D eigenvalue weighted by Crippen LogP contribution is -2.30. The number of aryl methyl sites for hydroxylation is 1. The predicted octanol–water partition coefficient (Wildman–Crippen LogP) is 0.363. The number of fused-ring (bicyclic) bond motifs is 1. The Hall–Kier alpha value is -1.36. The molecule has 1 aromatic rings. The van der Waals surface area contributed by atoms with E-state index in [4.69, 9.17) is 0 Å². The number of amides is 1. The van der Waals surface area contributed by atoms with E-state index in [1.54, 1.807) is 0 Å². The number of nitrogens with zero attached hydrogens (tertiary/aromatic N) is 2. The molecule has 1 aliphatic rings. The van der Waals surface area contributed by atoms with Gasteiger partial charge in [-0.05, 0) is 13.3 Å². The van der Waals surface area contributed by atoms with Gasteiger partial charge in [0.05, 0.1) is 5.69 Å². The lowest BCUT2D eigenvalue weighted by Gasteiger charge is -2.15.